The molecule has 132 valence electrons. The third-order valence-electron chi connectivity index (χ3n) is 5.10. The van der Waals surface area contributed by atoms with E-state index < -0.39 is 0 Å². The molecule has 1 saturated heterocycles. The molecule has 1 aliphatic heterocycles. The molecule has 4 nitrogen and oxygen atoms in total. The summed E-state index contributed by atoms with van der Waals surface area (Å²) in [5.41, 5.74) is 8.49. The lowest BCUT2D eigenvalue weighted by atomic mass is 9.97. The first-order chi connectivity index (χ1) is 12.1. The van der Waals surface area contributed by atoms with Crippen molar-refractivity contribution in [3.63, 3.8) is 0 Å². The molecule has 0 aliphatic carbocycles. The van der Waals surface area contributed by atoms with Crippen molar-refractivity contribution in [2.75, 3.05) is 13.7 Å². The van der Waals surface area contributed by atoms with Gasteiger partial charge < -0.3 is 15.4 Å². The first-order valence-corrected chi connectivity index (χ1v) is 8.82. The molecule has 4 heteroatoms. The van der Waals surface area contributed by atoms with Crippen molar-refractivity contribution in [1.82, 2.24) is 4.90 Å². The van der Waals surface area contributed by atoms with E-state index in [0.29, 0.717) is 12.3 Å². The summed E-state index contributed by atoms with van der Waals surface area (Å²) < 4.78 is 5.22. The molecule has 1 amide bonds. The number of amides is 1. The molecule has 2 aromatic carbocycles. The third-order valence-corrected chi connectivity index (χ3v) is 5.10. The van der Waals surface area contributed by atoms with Gasteiger partial charge in [0.15, 0.2) is 0 Å². The highest BCUT2D eigenvalue weighted by Crippen LogP contribution is 2.33. The van der Waals surface area contributed by atoms with Crippen molar-refractivity contribution in [2.24, 2.45) is 5.73 Å². The second-order valence-corrected chi connectivity index (χ2v) is 6.82. The SMILES string of the molecule is COc1ccc([C@@H]2C[C@@H](C)N(C(=O)C[C@H](N)c3ccccc3)C2)cc1. The Kier molecular flexibility index (Phi) is 5.39. The van der Waals surface area contributed by atoms with E-state index in [4.69, 9.17) is 10.5 Å². The minimum absolute atomic E-state index is 0.139. The molecular weight excluding hydrogens is 312 g/mol. The van der Waals surface area contributed by atoms with Gasteiger partial charge in [0.1, 0.15) is 5.75 Å². The first kappa shape index (κ1) is 17.5. The van der Waals surface area contributed by atoms with Crippen molar-refractivity contribution in [3.8, 4) is 5.75 Å². The van der Waals surface area contributed by atoms with Crippen molar-refractivity contribution in [1.29, 1.82) is 0 Å². The minimum atomic E-state index is -0.249. The Hall–Kier alpha value is -2.33. The lowest BCUT2D eigenvalue weighted by Gasteiger charge is -2.23. The number of hydrogen-bond acceptors (Lipinski definition) is 3. The number of nitrogens with zero attached hydrogens (tertiary/aromatic N) is 1. The maximum atomic E-state index is 12.7. The number of carbonyl (C=O) groups is 1. The third kappa shape index (κ3) is 4.02. The summed E-state index contributed by atoms with van der Waals surface area (Å²) in [5, 5.41) is 0. The number of methoxy groups -OCH3 is 1. The van der Waals surface area contributed by atoms with E-state index >= 15 is 0 Å². The van der Waals surface area contributed by atoms with Gasteiger partial charge in [0.25, 0.3) is 0 Å². The summed E-state index contributed by atoms with van der Waals surface area (Å²) in [6, 6.07) is 18.0. The molecule has 0 spiro atoms. The van der Waals surface area contributed by atoms with Gasteiger partial charge in [0.05, 0.1) is 7.11 Å². The van der Waals surface area contributed by atoms with Crippen LogP contribution in [-0.4, -0.2) is 30.5 Å². The molecule has 0 unspecified atom stereocenters. The topological polar surface area (TPSA) is 55.6 Å². The monoisotopic (exact) mass is 338 g/mol. The standard InChI is InChI=1S/C21H26N2O2/c1-15-12-18(16-8-10-19(25-2)11-9-16)14-23(15)21(24)13-20(22)17-6-4-3-5-7-17/h3-11,15,18,20H,12-14,22H2,1-2H3/t15-,18-,20+/m1/s1. The molecule has 25 heavy (non-hydrogen) atoms. The smallest absolute Gasteiger partial charge is 0.224 e. The number of likely N-dealkylation sites (tertiary alicyclic amines) is 1. The van der Waals surface area contributed by atoms with E-state index in [2.05, 4.69) is 19.1 Å². The average Bonchev–Trinajstić information content (AvgIpc) is 3.04. The quantitative estimate of drug-likeness (QED) is 0.908. The van der Waals surface area contributed by atoms with E-state index in [1.165, 1.54) is 5.56 Å². The normalized spacial score (nSPS) is 21.2. The molecule has 3 rings (SSSR count). The molecule has 2 N–H and O–H groups in total. The van der Waals surface area contributed by atoms with Crippen LogP contribution in [0.1, 0.15) is 42.9 Å². The van der Waals surface area contributed by atoms with Gasteiger partial charge in [-0.2, -0.15) is 0 Å². The summed E-state index contributed by atoms with van der Waals surface area (Å²) in [6.45, 7) is 2.88. The van der Waals surface area contributed by atoms with Crippen LogP contribution >= 0.6 is 0 Å². The lowest BCUT2D eigenvalue weighted by Crippen LogP contribution is -2.35. The lowest BCUT2D eigenvalue weighted by molar-refractivity contribution is -0.132. The van der Waals surface area contributed by atoms with Gasteiger partial charge in [-0.15, -0.1) is 0 Å². The molecular formula is C21H26N2O2. The van der Waals surface area contributed by atoms with Gasteiger partial charge in [0, 0.05) is 31.0 Å². The summed E-state index contributed by atoms with van der Waals surface area (Å²) >= 11 is 0. The zero-order valence-corrected chi connectivity index (χ0v) is 14.9. The molecule has 0 aromatic heterocycles. The van der Waals surface area contributed by atoms with Gasteiger partial charge in [-0.05, 0) is 36.6 Å². The maximum Gasteiger partial charge on any atom is 0.224 e. The Balaban J connectivity index is 1.63. The summed E-state index contributed by atoms with van der Waals surface area (Å²) in [4.78, 5) is 14.7. The van der Waals surface area contributed by atoms with Crippen LogP contribution < -0.4 is 10.5 Å². The average molecular weight is 338 g/mol. The first-order valence-electron chi connectivity index (χ1n) is 8.82. The molecule has 0 radical (unpaired) electrons. The molecule has 0 bridgehead atoms. The predicted molar refractivity (Wildman–Crippen MR) is 99.5 cm³/mol. The van der Waals surface area contributed by atoms with Gasteiger partial charge in [-0.25, -0.2) is 0 Å². The maximum absolute atomic E-state index is 12.7. The van der Waals surface area contributed by atoms with E-state index in [1.807, 2.05) is 47.4 Å². The zero-order chi connectivity index (χ0) is 17.8. The number of benzene rings is 2. The van der Waals surface area contributed by atoms with Gasteiger partial charge in [-0.3, -0.25) is 4.79 Å². The molecule has 2 aromatic rings. The van der Waals surface area contributed by atoms with Crippen molar-refractivity contribution >= 4 is 5.91 Å². The Bertz CT molecular complexity index is 700. The van der Waals surface area contributed by atoms with E-state index in [-0.39, 0.29) is 18.0 Å². The molecule has 1 heterocycles. The Labute approximate surface area is 149 Å². The number of carbonyl (C=O) groups excluding carboxylic acids is 1. The van der Waals surface area contributed by atoms with Crippen LogP contribution in [0.5, 0.6) is 5.75 Å². The zero-order valence-electron chi connectivity index (χ0n) is 14.9. The Morgan fingerprint density at radius 1 is 1.20 bits per heavy atom. The van der Waals surface area contributed by atoms with Crippen LogP contribution in [0.3, 0.4) is 0 Å². The number of ether oxygens (including phenoxy) is 1. The van der Waals surface area contributed by atoms with Crippen molar-refractivity contribution in [2.45, 2.75) is 37.8 Å². The Morgan fingerprint density at radius 3 is 2.52 bits per heavy atom. The van der Waals surface area contributed by atoms with E-state index in [0.717, 1.165) is 24.3 Å². The molecule has 1 aliphatic rings. The second-order valence-electron chi connectivity index (χ2n) is 6.82. The second kappa shape index (κ2) is 7.70. The van der Waals surface area contributed by atoms with Crippen LogP contribution in [0.15, 0.2) is 54.6 Å². The molecule has 0 saturated carbocycles. The van der Waals surface area contributed by atoms with Crippen LogP contribution in [0.25, 0.3) is 0 Å². The van der Waals surface area contributed by atoms with Gasteiger partial charge in [-0.1, -0.05) is 42.5 Å². The fourth-order valence-electron chi connectivity index (χ4n) is 3.62. The fraction of sp³-hybridized carbons (Fsp3) is 0.381. The van der Waals surface area contributed by atoms with Crippen LogP contribution in [-0.2, 0) is 4.79 Å². The summed E-state index contributed by atoms with van der Waals surface area (Å²) in [7, 11) is 1.67. The number of nitrogens with two attached hydrogens (primary N) is 1. The van der Waals surface area contributed by atoms with E-state index in [1.54, 1.807) is 7.11 Å². The fourth-order valence-corrected chi connectivity index (χ4v) is 3.62. The highest BCUT2D eigenvalue weighted by atomic mass is 16.5. The molecule has 3 atom stereocenters. The Morgan fingerprint density at radius 2 is 1.88 bits per heavy atom. The summed E-state index contributed by atoms with van der Waals surface area (Å²) in [6.07, 6.45) is 1.34. The molecule has 1 fully saturated rings. The number of rotatable bonds is 5. The number of hydrogen-bond donors (Lipinski definition) is 1. The van der Waals surface area contributed by atoms with Crippen molar-refractivity contribution in [3.05, 3.63) is 65.7 Å². The van der Waals surface area contributed by atoms with E-state index in [9.17, 15) is 4.79 Å². The minimum Gasteiger partial charge on any atom is -0.497 e. The predicted octanol–water partition coefficient (Wildman–Crippen LogP) is 3.49. The van der Waals surface area contributed by atoms with Gasteiger partial charge in [0.2, 0.25) is 5.91 Å². The van der Waals surface area contributed by atoms with Crippen LogP contribution in [0.4, 0.5) is 0 Å². The van der Waals surface area contributed by atoms with Crippen LogP contribution in [0.2, 0.25) is 0 Å². The highest BCUT2D eigenvalue weighted by molar-refractivity contribution is 5.78. The largest absolute Gasteiger partial charge is 0.497 e. The van der Waals surface area contributed by atoms with Crippen molar-refractivity contribution < 1.29 is 9.53 Å². The summed E-state index contributed by atoms with van der Waals surface area (Å²) in [5.74, 6) is 1.37. The van der Waals surface area contributed by atoms with Gasteiger partial charge >= 0.3 is 0 Å². The van der Waals surface area contributed by atoms with Crippen LogP contribution in [0, 0.1) is 0 Å². The highest BCUT2D eigenvalue weighted by Gasteiger charge is 2.33.